The van der Waals surface area contributed by atoms with Crippen LogP contribution >= 0.6 is 11.6 Å². The van der Waals surface area contributed by atoms with Crippen LogP contribution < -0.4 is 4.74 Å². The third-order valence-electron chi connectivity index (χ3n) is 6.07. The normalized spacial score (nSPS) is 14.2. The van der Waals surface area contributed by atoms with Crippen molar-refractivity contribution in [1.29, 1.82) is 0 Å². The first kappa shape index (κ1) is 28.6. The van der Waals surface area contributed by atoms with Crippen LogP contribution in [0.25, 0.3) is 11.1 Å². The van der Waals surface area contributed by atoms with Crippen molar-refractivity contribution in [3.8, 4) is 16.9 Å². The van der Waals surface area contributed by atoms with E-state index in [1.807, 2.05) is 17.0 Å². The Balaban J connectivity index is 1.48. The minimum atomic E-state index is -2.66. The van der Waals surface area contributed by atoms with Crippen LogP contribution in [0.5, 0.6) is 5.75 Å². The summed E-state index contributed by atoms with van der Waals surface area (Å²) in [5, 5.41) is 0.578. The minimum absolute atomic E-state index is 0.197. The molecule has 0 aliphatic carbocycles. The van der Waals surface area contributed by atoms with Gasteiger partial charge in [-0.05, 0) is 17.7 Å². The van der Waals surface area contributed by atoms with Gasteiger partial charge in [0.15, 0.2) is 47.3 Å². The molecule has 0 unspecified atom stereocenters. The highest BCUT2D eigenvalue weighted by atomic mass is 35.5. The molecule has 0 spiro atoms. The van der Waals surface area contributed by atoms with Crippen LogP contribution in [0.1, 0.15) is 5.56 Å². The molecule has 1 amide bonds. The van der Waals surface area contributed by atoms with Gasteiger partial charge in [0.25, 0.3) is 5.91 Å². The van der Waals surface area contributed by atoms with E-state index in [1.165, 1.54) is 4.90 Å². The lowest BCUT2D eigenvalue weighted by atomic mass is 10.0. The summed E-state index contributed by atoms with van der Waals surface area (Å²) in [5.74, 6) is -25.4. The number of hydrogen-bond donors (Lipinski definition) is 0. The van der Waals surface area contributed by atoms with Gasteiger partial charge in [0, 0.05) is 37.7 Å². The number of nitrogens with zero attached hydrogens (tertiary/aromatic N) is 2. The van der Waals surface area contributed by atoms with E-state index < -0.39 is 81.7 Å². The number of benzene rings is 3. The van der Waals surface area contributed by atoms with Crippen LogP contribution in [0, 0.1) is 52.4 Å². The second kappa shape index (κ2) is 11.3. The highest BCUT2D eigenvalue weighted by molar-refractivity contribution is 6.30. The summed E-state index contributed by atoms with van der Waals surface area (Å²) in [6, 6.07) is 7.14. The first-order chi connectivity index (χ1) is 18.4. The van der Waals surface area contributed by atoms with E-state index in [9.17, 15) is 44.3 Å². The predicted octanol–water partition coefficient (Wildman–Crippen LogP) is 5.98. The van der Waals surface area contributed by atoms with Crippen LogP contribution in [0.15, 0.2) is 24.3 Å². The van der Waals surface area contributed by atoms with Crippen LogP contribution in [0.2, 0.25) is 5.02 Å². The van der Waals surface area contributed by atoms with Crippen molar-refractivity contribution in [2.75, 3.05) is 32.8 Å². The molecule has 3 aromatic carbocycles. The average molecular weight is 583 g/mol. The highest BCUT2D eigenvalue weighted by Crippen LogP contribution is 2.39. The molecule has 0 radical (unpaired) electrons. The van der Waals surface area contributed by atoms with Gasteiger partial charge in [0.2, 0.25) is 17.5 Å². The van der Waals surface area contributed by atoms with Gasteiger partial charge in [0.1, 0.15) is 0 Å². The summed E-state index contributed by atoms with van der Waals surface area (Å²) in [7, 11) is 0. The molecule has 1 fully saturated rings. The molecule has 1 aliphatic heterocycles. The first-order valence-corrected chi connectivity index (χ1v) is 11.5. The molecule has 208 valence electrons. The number of hydrogen-bond acceptors (Lipinski definition) is 3. The zero-order valence-corrected chi connectivity index (χ0v) is 20.3. The van der Waals surface area contributed by atoms with E-state index in [0.29, 0.717) is 24.7 Å². The van der Waals surface area contributed by atoms with Gasteiger partial charge in [-0.2, -0.15) is 8.78 Å². The lowest BCUT2D eigenvalue weighted by Crippen LogP contribution is -2.49. The van der Waals surface area contributed by atoms with E-state index in [-0.39, 0.29) is 13.1 Å². The highest BCUT2D eigenvalue weighted by Gasteiger charge is 2.35. The fourth-order valence-electron chi connectivity index (χ4n) is 4.01. The Morgan fingerprint density at radius 1 is 0.667 bits per heavy atom. The van der Waals surface area contributed by atoms with Gasteiger partial charge in [-0.1, -0.05) is 23.7 Å². The Morgan fingerprint density at radius 3 is 1.59 bits per heavy atom. The number of amides is 1. The molecule has 1 heterocycles. The third-order valence-corrected chi connectivity index (χ3v) is 6.32. The maximum Gasteiger partial charge on any atom is 0.260 e. The molecule has 3 aromatic rings. The number of halogens is 10. The Labute approximate surface area is 220 Å². The van der Waals surface area contributed by atoms with E-state index >= 15 is 0 Å². The smallest absolute Gasteiger partial charge is 0.260 e. The zero-order chi connectivity index (χ0) is 28.6. The zero-order valence-electron chi connectivity index (χ0n) is 19.5. The summed E-state index contributed by atoms with van der Waals surface area (Å²) in [5.41, 5.74) is -3.40. The van der Waals surface area contributed by atoms with Gasteiger partial charge < -0.3 is 9.64 Å². The van der Waals surface area contributed by atoms with Gasteiger partial charge in [-0.25, -0.2) is 30.7 Å². The predicted molar refractivity (Wildman–Crippen MR) is 120 cm³/mol. The van der Waals surface area contributed by atoms with Gasteiger partial charge in [-0.15, -0.1) is 0 Å². The third kappa shape index (κ3) is 5.50. The maximum absolute atomic E-state index is 14.6. The van der Waals surface area contributed by atoms with Crippen molar-refractivity contribution < 1.29 is 49.0 Å². The molecule has 1 saturated heterocycles. The topological polar surface area (TPSA) is 32.8 Å². The summed E-state index contributed by atoms with van der Waals surface area (Å²) < 4.78 is 131. The quantitative estimate of drug-likeness (QED) is 0.204. The molecular formula is C25H16ClF9N2O2. The number of ether oxygens (including phenoxy) is 1. The fraction of sp³-hybridized carbons (Fsp3) is 0.240. The second-order valence-corrected chi connectivity index (χ2v) is 8.91. The molecule has 0 aromatic heterocycles. The van der Waals surface area contributed by atoms with Gasteiger partial charge in [-0.3, -0.25) is 9.69 Å². The lowest BCUT2D eigenvalue weighted by Gasteiger charge is -2.34. The molecule has 0 atom stereocenters. The molecule has 4 rings (SSSR count). The lowest BCUT2D eigenvalue weighted by molar-refractivity contribution is -0.135. The summed E-state index contributed by atoms with van der Waals surface area (Å²) >= 11 is 5.86. The largest absolute Gasteiger partial charge is 0.477 e. The second-order valence-electron chi connectivity index (χ2n) is 8.48. The number of carbonyl (C=O) groups excluding carboxylic acids is 1. The van der Waals surface area contributed by atoms with Crippen molar-refractivity contribution in [3.05, 3.63) is 87.2 Å². The molecule has 14 heteroatoms. The summed E-state index contributed by atoms with van der Waals surface area (Å²) in [6.45, 7) is 0.755. The first-order valence-electron chi connectivity index (χ1n) is 11.2. The Hall–Kier alpha value is -3.45. The van der Waals surface area contributed by atoms with Gasteiger partial charge in [0.05, 0.1) is 11.1 Å². The Kier molecular flexibility index (Phi) is 8.31. The van der Waals surface area contributed by atoms with E-state index in [4.69, 9.17) is 11.6 Å². The number of carbonyl (C=O) groups is 1. The molecule has 0 N–H and O–H groups in total. The minimum Gasteiger partial charge on any atom is -0.477 e. The van der Waals surface area contributed by atoms with Gasteiger partial charge >= 0.3 is 0 Å². The molecule has 0 saturated carbocycles. The Bertz CT molecular complexity index is 1370. The summed E-state index contributed by atoms with van der Waals surface area (Å²) in [4.78, 5) is 15.8. The van der Waals surface area contributed by atoms with Crippen molar-refractivity contribution in [2.45, 2.75) is 6.54 Å². The van der Waals surface area contributed by atoms with Crippen LogP contribution in [0.4, 0.5) is 39.5 Å². The summed E-state index contributed by atoms with van der Waals surface area (Å²) in [6.07, 6.45) is 0. The number of rotatable bonds is 6. The van der Waals surface area contributed by atoms with Crippen LogP contribution in [-0.4, -0.2) is 48.5 Å². The average Bonchev–Trinajstić information content (AvgIpc) is 2.93. The van der Waals surface area contributed by atoms with Crippen LogP contribution in [0.3, 0.4) is 0 Å². The Morgan fingerprint density at radius 2 is 1.10 bits per heavy atom. The van der Waals surface area contributed by atoms with E-state index in [1.54, 1.807) is 12.1 Å². The maximum atomic E-state index is 14.6. The van der Waals surface area contributed by atoms with Crippen LogP contribution in [-0.2, 0) is 11.3 Å². The van der Waals surface area contributed by atoms with Crippen molar-refractivity contribution in [2.24, 2.45) is 0 Å². The molecule has 0 bridgehead atoms. The standard InChI is InChI=1S/C25H16ClF9N2O2/c26-12-3-1-11(2-4-12)9-36-5-7-37(8-6-36)13(38)10-39-25-23(34)18(29)15(19(30)24(25)35)14-16(27)20(31)22(33)21(32)17(14)28/h1-4H,5-10H2. The monoisotopic (exact) mass is 582 g/mol. The SMILES string of the molecule is O=C(COc1c(F)c(F)c(-c2c(F)c(F)c(F)c(F)c2F)c(F)c1F)N1CCN(Cc2ccc(Cl)cc2)CC1. The van der Waals surface area contributed by atoms with Crippen molar-refractivity contribution in [3.63, 3.8) is 0 Å². The van der Waals surface area contributed by atoms with Crippen molar-refractivity contribution >= 4 is 17.5 Å². The number of piperazine rings is 1. The van der Waals surface area contributed by atoms with E-state index in [0.717, 1.165) is 5.56 Å². The molecule has 4 nitrogen and oxygen atoms in total. The fourth-order valence-corrected chi connectivity index (χ4v) is 4.14. The van der Waals surface area contributed by atoms with Crippen molar-refractivity contribution in [1.82, 2.24) is 9.80 Å². The molecule has 39 heavy (non-hydrogen) atoms. The molecular weight excluding hydrogens is 567 g/mol. The van der Waals surface area contributed by atoms with E-state index in [2.05, 4.69) is 4.74 Å². The molecule has 1 aliphatic rings.